The van der Waals surface area contributed by atoms with E-state index >= 15 is 0 Å². The van der Waals surface area contributed by atoms with E-state index in [-0.39, 0.29) is 18.6 Å². The molecular weight excluding hydrogens is 216 g/mol. The number of rotatable bonds is 6. The third kappa shape index (κ3) is 4.64. The number of aliphatic hydroxyl groups is 1. The minimum atomic E-state index is 0.0441. The van der Waals surface area contributed by atoms with Crippen molar-refractivity contribution in [3.8, 4) is 0 Å². The summed E-state index contributed by atoms with van der Waals surface area (Å²) in [6.07, 6.45) is 6.00. The Labute approximate surface area is 104 Å². The van der Waals surface area contributed by atoms with E-state index in [1.54, 1.807) is 4.90 Å². The Kier molecular flexibility index (Phi) is 6.52. The molecule has 1 aliphatic rings. The first-order chi connectivity index (χ1) is 8.19. The van der Waals surface area contributed by atoms with Crippen LogP contribution >= 0.6 is 0 Å². The monoisotopic (exact) mass is 242 g/mol. The second-order valence-electron chi connectivity index (χ2n) is 5.02. The van der Waals surface area contributed by atoms with Crippen LogP contribution in [0.15, 0.2) is 0 Å². The van der Waals surface area contributed by atoms with E-state index < -0.39 is 0 Å². The summed E-state index contributed by atoms with van der Waals surface area (Å²) in [6, 6.07) is 0.185. The fourth-order valence-electron chi connectivity index (χ4n) is 2.60. The Morgan fingerprint density at radius 1 is 1.35 bits per heavy atom. The first kappa shape index (κ1) is 14.5. The maximum absolute atomic E-state index is 12.1. The Morgan fingerprint density at radius 2 is 2.06 bits per heavy atom. The van der Waals surface area contributed by atoms with E-state index in [9.17, 15) is 4.79 Å². The molecule has 0 heterocycles. The van der Waals surface area contributed by atoms with Gasteiger partial charge >= 0.3 is 0 Å². The molecule has 0 saturated heterocycles. The third-order valence-electron chi connectivity index (χ3n) is 3.62. The molecule has 0 aliphatic heterocycles. The zero-order valence-corrected chi connectivity index (χ0v) is 10.9. The van der Waals surface area contributed by atoms with Crippen LogP contribution in [0.3, 0.4) is 0 Å². The molecule has 3 N–H and O–H groups in total. The van der Waals surface area contributed by atoms with Crippen LogP contribution in [0.2, 0.25) is 0 Å². The average molecular weight is 242 g/mol. The number of nitrogens with zero attached hydrogens (tertiary/aromatic N) is 1. The number of hydrogen-bond donors (Lipinski definition) is 2. The predicted molar refractivity (Wildman–Crippen MR) is 68.5 cm³/mol. The van der Waals surface area contributed by atoms with Crippen LogP contribution in [0, 0.1) is 5.92 Å². The molecule has 1 fully saturated rings. The molecule has 1 rings (SSSR count). The van der Waals surface area contributed by atoms with Crippen LogP contribution in [0.5, 0.6) is 0 Å². The highest BCUT2D eigenvalue weighted by molar-refractivity contribution is 5.76. The Balaban J connectivity index is 2.44. The number of nitrogens with two attached hydrogens (primary N) is 1. The largest absolute Gasteiger partial charge is 0.395 e. The van der Waals surface area contributed by atoms with Gasteiger partial charge in [0.2, 0.25) is 5.91 Å². The van der Waals surface area contributed by atoms with Gasteiger partial charge in [0.05, 0.1) is 6.61 Å². The minimum absolute atomic E-state index is 0.0441. The summed E-state index contributed by atoms with van der Waals surface area (Å²) in [5.41, 5.74) is 6.06. The molecule has 4 heteroatoms. The molecule has 100 valence electrons. The van der Waals surface area contributed by atoms with E-state index in [0.717, 1.165) is 25.8 Å². The van der Waals surface area contributed by atoms with Crippen LogP contribution in [0.4, 0.5) is 0 Å². The molecule has 0 spiro atoms. The lowest BCUT2D eigenvalue weighted by atomic mass is 9.82. The zero-order valence-electron chi connectivity index (χ0n) is 10.9. The number of carbonyl (C=O) groups excluding carboxylic acids is 1. The molecule has 4 nitrogen and oxygen atoms in total. The summed E-state index contributed by atoms with van der Waals surface area (Å²) >= 11 is 0. The maximum Gasteiger partial charge on any atom is 0.222 e. The maximum atomic E-state index is 12.1. The number of aliphatic hydroxyl groups excluding tert-OH is 1. The lowest BCUT2D eigenvalue weighted by Gasteiger charge is -2.30. The van der Waals surface area contributed by atoms with Crippen molar-refractivity contribution < 1.29 is 9.90 Å². The first-order valence-corrected chi connectivity index (χ1v) is 6.83. The van der Waals surface area contributed by atoms with Crippen molar-refractivity contribution in [3.05, 3.63) is 0 Å². The number of hydrogen-bond acceptors (Lipinski definition) is 3. The minimum Gasteiger partial charge on any atom is -0.395 e. The first-order valence-electron chi connectivity index (χ1n) is 6.83. The second kappa shape index (κ2) is 7.67. The molecule has 0 bridgehead atoms. The Bertz CT molecular complexity index is 227. The van der Waals surface area contributed by atoms with Gasteiger partial charge in [0, 0.05) is 25.6 Å². The topological polar surface area (TPSA) is 66.6 Å². The number of carbonyl (C=O) groups is 1. The average Bonchev–Trinajstić information content (AvgIpc) is 2.32. The molecule has 1 saturated carbocycles. The molecule has 0 aromatic carbocycles. The quantitative estimate of drug-likeness (QED) is 0.733. The van der Waals surface area contributed by atoms with Gasteiger partial charge in [-0.2, -0.15) is 0 Å². The van der Waals surface area contributed by atoms with Crippen molar-refractivity contribution in [2.24, 2.45) is 11.7 Å². The standard InChI is InChI=1S/C13H26N2O2/c1-2-7-15(8-9-16)13(17)10-11-5-3-4-6-12(11)14/h11-12,16H,2-10,14H2,1H3. The highest BCUT2D eigenvalue weighted by Crippen LogP contribution is 2.26. The van der Waals surface area contributed by atoms with Crippen LogP contribution in [0.1, 0.15) is 45.4 Å². The Morgan fingerprint density at radius 3 is 2.65 bits per heavy atom. The Hall–Kier alpha value is -0.610. The van der Waals surface area contributed by atoms with Crippen molar-refractivity contribution in [2.75, 3.05) is 19.7 Å². The lowest BCUT2D eigenvalue weighted by Crippen LogP contribution is -2.40. The van der Waals surface area contributed by atoms with Gasteiger partial charge in [-0.1, -0.05) is 19.8 Å². The van der Waals surface area contributed by atoms with Crippen molar-refractivity contribution in [2.45, 2.75) is 51.5 Å². The van der Waals surface area contributed by atoms with Gasteiger partial charge in [-0.25, -0.2) is 0 Å². The smallest absolute Gasteiger partial charge is 0.222 e. The van der Waals surface area contributed by atoms with Crippen molar-refractivity contribution in [1.29, 1.82) is 0 Å². The van der Waals surface area contributed by atoms with Gasteiger partial charge in [-0.3, -0.25) is 4.79 Å². The van der Waals surface area contributed by atoms with Gasteiger partial charge in [0.15, 0.2) is 0 Å². The van der Waals surface area contributed by atoms with Gasteiger partial charge in [0.1, 0.15) is 0 Å². The van der Waals surface area contributed by atoms with E-state index in [0.29, 0.717) is 18.9 Å². The second-order valence-corrected chi connectivity index (χ2v) is 5.02. The molecule has 2 unspecified atom stereocenters. The van der Waals surface area contributed by atoms with Crippen molar-refractivity contribution >= 4 is 5.91 Å². The molecule has 0 radical (unpaired) electrons. The summed E-state index contributed by atoms with van der Waals surface area (Å²) < 4.78 is 0. The van der Waals surface area contributed by atoms with E-state index in [2.05, 4.69) is 0 Å². The summed E-state index contributed by atoms with van der Waals surface area (Å²) in [7, 11) is 0. The summed E-state index contributed by atoms with van der Waals surface area (Å²) in [5, 5.41) is 8.95. The van der Waals surface area contributed by atoms with E-state index in [1.165, 1.54) is 12.8 Å². The van der Waals surface area contributed by atoms with Gasteiger partial charge < -0.3 is 15.7 Å². The summed E-state index contributed by atoms with van der Waals surface area (Å²) in [6.45, 7) is 3.28. The molecule has 0 aromatic rings. The number of amides is 1. The van der Waals surface area contributed by atoms with Crippen LogP contribution in [0.25, 0.3) is 0 Å². The SMILES string of the molecule is CCCN(CCO)C(=O)CC1CCCCC1N. The van der Waals surface area contributed by atoms with E-state index in [4.69, 9.17) is 10.8 Å². The van der Waals surface area contributed by atoms with Gasteiger partial charge in [-0.05, 0) is 25.2 Å². The van der Waals surface area contributed by atoms with Crippen LogP contribution in [-0.4, -0.2) is 41.7 Å². The summed E-state index contributed by atoms with van der Waals surface area (Å²) in [5.74, 6) is 0.498. The molecule has 0 aromatic heterocycles. The zero-order chi connectivity index (χ0) is 12.7. The van der Waals surface area contributed by atoms with Crippen LogP contribution in [-0.2, 0) is 4.79 Å². The fraction of sp³-hybridized carbons (Fsp3) is 0.923. The third-order valence-corrected chi connectivity index (χ3v) is 3.62. The normalized spacial score (nSPS) is 24.6. The van der Waals surface area contributed by atoms with Gasteiger partial charge in [0.25, 0.3) is 0 Å². The molecule has 2 atom stereocenters. The molecular formula is C13H26N2O2. The molecule has 1 aliphatic carbocycles. The lowest BCUT2D eigenvalue weighted by molar-refractivity contribution is -0.133. The van der Waals surface area contributed by atoms with Crippen LogP contribution < -0.4 is 5.73 Å². The fourth-order valence-corrected chi connectivity index (χ4v) is 2.60. The highest BCUT2D eigenvalue weighted by Gasteiger charge is 2.25. The van der Waals surface area contributed by atoms with E-state index in [1.807, 2.05) is 6.92 Å². The highest BCUT2D eigenvalue weighted by atomic mass is 16.3. The van der Waals surface area contributed by atoms with Crippen molar-refractivity contribution in [1.82, 2.24) is 4.90 Å². The van der Waals surface area contributed by atoms with Gasteiger partial charge in [-0.15, -0.1) is 0 Å². The summed E-state index contributed by atoms with van der Waals surface area (Å²) in [4.78, 5) is 13.9. The molecule has 17 heavy (non-hydrogen) atoms. The van der Waals surface area contributed by atoms with Crippen molar-refractivity contribution in [3.63, 3.8) is 0 Å². The predicted octanol–water partition coefficient (Wildman–Crippen LogP) is 1.12. The molecule has 1 amide bonds.